The highest BCUT2D eigenvalue weighted by molar-refractivity contribution is 5.78. The predicted octanol–water partition coefficient (Wildman–Crippen LogP) is 3.89. The number of rotatable bonds is 13. The summed E-state index contributed by atoms with van der Waals surface area (Å²) in [6.45, 7) is 10.3. The molecule has 0 heterocycles. The maximum Gasteiger partial charge on any atom is 0.508 e. The highest BCUT2D eigenvalue weighted by atomic mass is 16.7. The first kappa shape index (κ1) is 29.9. The van der Waals surface area contributed by atoms with Crippen LogP contribution in [0.5, 0.6) is 11.5 Å². The number of carboxylic acids is 1. The normalized spacial score (nSPS) is 13.6. The van der Waals surface area contributed by atoms with Gasteiger partial charge in [-0.25, -0.2) is 4.79 Å². The Morgan fingerprint density at radius 1 is 0.914 bits per heavy atom. The standard InChI is InChI=1S/C25H37NO9/c1-7-8-11-32-25(31)33-13-16(6)20(21(26)22(27)28)17-9-10-18(34-23(29)14(2)3)19(12-17)35-24(30)15(4)5/h9-10,12,14-16,20-21H,7-8,11,13,26H2,1-6H3,(H,27,28)/t16?,20?,21-/m0/s1. The molecule has 3 atom stereocenters. The molecule has 0 saturated carbocycles. The van der Waals surface area contributed by atoms with Gasteiger partial charge in [0.1, 0.15) is 6.04 Å². The van der Waals surface area contributed by atoms with Crippen molar-refractivity contribution in [2.45, 2.75) is 66.3 Å². The summed E-state index contributed by atoms with van der Waals surface area (Å²) >= 11 is 0. The van der Waals surface area contributed by atoms with E-state index in [1.807, 2.05) is 6.92 Å². The van der Waals surface area contributed by atoms with Crippen molar-refractivity contribution in [2.24, 2.45) is 23.5 Å². The number of nitrogens with two attached hydrogens (primary N) is 1. The summed E-state index contributed by atoms with van der Waals surface area (Å²) in [6.07, 6.45) is 0.698. The van der Waals surface area contributed by atoms with Gasteiger partial charge in [0.2, 0.25) is 0 Å². The summed E-state index contributed by atoms with van der Waals surface area (Å²) in [5, 5.41) is 9.59. The van der Waals surface area contributed by atoms with Crippen LogP contribution in [0.25, 0.3) is 0 Å². The molecule has 0 amide bonds. The number of unbranched alkanes of at least 4 members (excludes halogenated alkanes) is 1. The molecule has 3 N–H and O–H groups in total. The molecule has 10 nitrogen and oxygen atoms in total. The lowest BCUT2D eigenvalue weighted by atomic mass is 9.82. The maximum absolute atomic E-state index is 12.3. The fraction of sp³-hybridized carbons (Fsp3) is 0.600. The van der Waals surface area contributed by atoms with E-state index in [2.05, 4.69) is 0 Å². The Kier molecular flexibility index (Phi) is 12.2. The van der Waals surface area contributed by atoms with Crippen LogP contribution in [0.15, 0.2) is 18.2 Å². The quantitative estimate of drug-likeness (QED) is 0.234. The zero-order valence-corrected chi connectivity index (χ0v) is 21.2. The summed E-state index contributed by atoms with van der Waals surface area (Å²) in [6, 6.07) is 3.03. The van der Waals surface area contributed by atoms with Crippen LogP contribution in [-0.2, 0) is 23.9 Å². The Morgan fingerprint density at radius 2 is 1.49 bits per heavy atom. The van der Waals surface area contributed by atoms with E-state index >= 15 is 0 Å². The second-order valence-electron chi connectivity index (χ2n) is 8.99. The van der Waals surface area contributed by atoms with Gasteiger partial charge in [-0.2, -0.15) is 0 Å². The zero-order chi connectivity index (χ0) is 26.7. The third kappa shape index (κ3) is 9.56. The smallest absolute Gasteiger partial charge is 0.480 e. The molecule has 0 aliphatic rings. The number of carbonyl (C=O) groups is 4. The fourth-order valence-electron chi connectivity index (χ4n) is 3.04. The molecule has 1 aromatic carbocycles. The number of esters is 2. The van der Waals surface area contributed by atoms with Crippen molar-refractivity contribution in [1.82, 2.24) is 0 Å². The first-order valence-electron chi connectivity index (χ1n) is 11.7. The molecule has 0 fully saturated rings. The van der Waals surface area contributed by atoms with Gasteiger partial charge in [0.15, 0.2) is 11.5 Å². The highest BCUT2D eigenvalue weighted by Gasteiger charge is 2.33. The van der Waals surface area contributed by atoms with E-state index in [1.54, 1.807) is 40.7 Å². The van der Waals surface area contributed by atoms with Gasteiger partial charge in [-0.1, -0.05) is 54.0 Å². The van der Waals surface area contributed by atoms with Crippen LogP contribution in [0, 0.1) is 17.8 Å². The average Bonchev–Trinajstić information content (AvgIpc) is 2.79. The SMILES string of the molecule is CCCCOC(=O)OCC(C)C(c1ccc(OC(=O)C(C)C)c(OC(=O)C(C)C)c1)[C@H](N)C(=O)O. The topological polar surface area (TPSA) is 151 Å². The first-order chi connectivity index (χ1) is 16.4. The van der Waals surface area contributed by atoms with E-state index in [-0.39, 0.29) is 24.7 Å². The van der Waals surface area contributed by atoms with Crippen LogP contribution in [-0.4, -0.2) is 48.4 Å². The zero-order valence-electron chi connectivity index (χ0n) is 21.2. The van der Waals surface area contributed by atoms with E-state index in [0.29, 0.717) is 12.0 Å². The molecule has 0 bridgehead atoms. The van der Waals surface area contributed by atoms with E-state index in [9.17, 15) is 24.3 Å². The molecule has 0 aliphatic heterocycles. The molecule has 196 valence electrons. The summed E-state index contributed by atoms with van der Waals surface area (Å²) in [5.41, 5.74) is 6.40. The summed E-state index contributed by atoms with van der Waals surface area (Å²) in [5.74, 6) is -4.63. The number of hydrogen-bond donors (Lipinski definition) is 2. The third-order valence-corrected chi connectivity index (χ3v) is 5.18. The van der Waals surface area contributed by atoms with Crippen molar-refractivity contribution in [1.29, 1.82) is 0 Å². The largest absolute Gasteiger partial charge is 0.508 e. The first-order valence-corrected chi connectivity index (χ1v) is 11.7. The molecule has 0 radical (unpaired) electrons. The number of hydrogen-bond acceptors (Lipinski definition) is 9. The van der Waals surface area contributed by atoms with E-state index in [1.165, 1.54) is 12.1 Å². The van der Waals surface area contributed by atoms with Gasteiger partial charge < -0.3 is 29.8 Å². The van der Waals surface area contributed by atoms with Crippen LogP contribution >= 0.6 is 0 Å². The molecule has 1 rings (SSSR count). The Labute approximate surface area is 206 Å². The molecule has 0 aliphatic carbocycles. The Hall–Kier alpha value is -3.14. The molecule has 35 heavy (non-hydrogen) atoms. The summed E-state index contributed by atoms with van der Waals surface area (Å²) in [4.78, 5) is 48.0. The fourth-order valence-corrected chi connectivity index (χ4v) is 3.04. The van der Waals surface area contributed by atoms with Crippen molar-refractivity contribution < 1.29 is 43.2 Å². The lowest BCUT2D eigenvalue weighted by molar-refractivity contribution is -0.140. The Bertz CT molecular complexity index is 882. The molecule has 2 unspecified atom stereocenters. The van der Waals surface area contributed by atoms with Crippen molar-refractivity contribution in [3.63, 3.8) is 0 Å². The van der Waals surface area contributed by atoms with Crippen LogP contribution in [0.3, 0.4) is 0 Å². The minimum absolute atomic E-state index is 0.0208. The van der Waals surface area contributed by atoms with Crippen LogP contribution in [0.1, 0.15) is 65.9 Å². The predicted molar refractivity (Wildman–Crippen MR) is 127 cm³/mol. The van der Waals surface area contributed by atoms with E-state index < -0.39 is 53.8 Å². The van der Waals surface area contributed by atoms with Crippen molar-refractivity contribution in [2.75, 3.05) is 13.2 Å². The Balaban J connectivity index is 3.28. The number of benzene rings is 1. The minimum Gasteiger partial charge on any atom is -0.480 e. The lowest BCUT2D eigenvalue weighted by Gasteiger charge is -2.28. The second-order valence-corrected chi connectivity index (χ2v) is 8.99. The lowest BCUT2D eigenvalue weighted by Crippen LogP contribution is -2.40. The molecular weight excluding hydrogens is 458 g/mol. The van der Waals surface area contributed by atoms with Gasteiger partial charge in [-0.3, -0.25) is 14.4 Å². The van der Waals surface area contributed by atoms with E-state index in [0.717, 1.165) is 6.42 Å². The number of aliphatic carboxylic acids is 1. The number of carbonyl (C=O) groups excluding carboxylic acids is 3. The average molecular weight is 496 g/mol. The third-order valence-electron chi connectivity index (χ3n) is 5.18. The van der Waals surface area contributed by atoms with Gasteiger partial charge in [0.25, 0.3) is 0 Å². The van der Waals surface area contributed by atoms with Crippen LogP contribution < -0.4 is 15.2 Å². The van der Waals surface area contributed by atoms with Crippen molar-refractivity contribution in [3.05, 3.63) is 23.8 Å². The van der Waals surface area contributed by atoms with Gasteiger partial charge in [-0.15, -0.1) is 0 Å². The molecule has 0 saturated heterocycles. The van der Waals surface area contributed by atoms with Crippen LogP contribution in [0.4, 0.5) is 4.79 Å². The monoisotopic (exact) mass is 495 g/mol. The molecular formula is C25H37NO9. The molecule has 10 heteroatoms. The van der Waals surface area contributed by atoms with Gasteiger partial charge in [0, 0.05) is 5.92 Å². The van der Waals surface area contributed by atoms with Gasteiger partial charge in [-0.05, 0) is 30.0 Å². The summed E-state index contributed by atoms with van der Waals surface area (Å²) < 4.78 is 20.9. The molecule has 0 aromatic heterocycles. The maximum atomic E-state index is 12.3. The van der Waals surface area contributed by atoms with Gasteiger partial charge >= 0.3 is 24.1 Å². The van der Waals surface area contributed by atoms with E-state index in [4.69, 9.17) is 24.7 Å². The van der Waals surface area contributed by atoms with Crippen LogP contribution in [0.2, 0.25) is 0 Å². The second kappa shape index (κ2) is 14.3. The van der Waals surface area contributed by atoms with Crippen molar-refractivity contribution >= 4 is 24.1 Å². The number of ether oxygens (including phenoxy) is 4. The molecule has 1 aromatic rings. The molecule has 0 spiro atoms. The highest BCUT2D eigenvalue weighted by Crippen LogP contribution is 2.36. The Morgan fingerprint density at radius 3 is 2.00 bits per heavy atom. The summed E-state index contributed by atoms with van der Waals surface area (Å²) in [7, 11) is 0. The van der Waals surface area contributed by atoms with Crippen molar-refractivity contribution in [3.8, 4) is 11.5 Å². The minimum atomic E-state index is -1.36. The number of carboxylic acid groups (broad SMARTS) is 1. The van der Waals surface area contributed by atoms with Gasteiger partial charge in [0.05, 0.1) is 25.0 Å².